The maximum atomic E-state index is 12.7. The molecule has 1 aliphatic carbocycles. The molecule has 1 saturated carbocycles. The van der Waals surface area contributed by atoms with Crippen LogP contribution in [0, 0.1) is 11.8 Å². The normalized spacial score (nSPS) is 19.0. The van der Waals surface area contributed by atoms with E-state index < -0.39 is 17.8 Å². The van der Waals surface area contributed by atoms with Crippen molar-refractivity contribution in [2.45, 2.75) is 35.8 Å². The number of hydrogen-bond acceptors (Lipinski definition) is 5. The fraction of sp³-hybridized carbons (Fsp3) is 0.318. The molecule has 30 heavy (non-hydrogen) atoms. The van der Waals surface area contributed by atoms with Gasteiger partial charge in [-0.1, -0.05) is 54.4 Å². The summed E-state index contributed by atoms with van der Waals surface area (Å²) < 4.78 is 1.92. The summed E-state index contributed by atoms with van der Waals surface area (Å²) in [5.41, 5.74) is 2.62. The molecule has 4 rings (SSSR count). The van der Waals surface area contributed by atoms with E-state index in [0.717, 1.165) is 43.7 Å². The number of benzene rings is 2. The minimum atomic E-state index is -0.882. The SMILES string of the molecule is O=C(O)[C@H]1CCCC[C@@H]1C(=O)Nc1ccc2nc(SCc3ccccc3Cl)sc2c1. The number of aliphatic carboxylic acids is 1. The lowest BCUT2D eigenvalue weighted by molar-refractivity contribution is -0.147. The number of nitrogens with zero attached hydrogens (tertiary/aromatic N) is 1. The highest BCUT2D eigenvalue weighted by Crippen LogP contribution is 2.35. The van der Waals surface area contributed by atoms with Crippen molar-refractivity contribution in [1.82, 2.24) is 4.98 Å². The Balaban J connectivity index is 1.45. The van der Waals surface area contributed by atoms with Gasteiger partial charge in [0.15, 0.2) is 4.34 Å². The molecule has 2 N–H and O–H groups in total. The Bertz CT molecular complexity index is 1090. The maximum absolute atomic E-state index is 12.7. The van der Waals surface area contributed by atoms with Crippen molar-refractivity contribution < 1.29 is 14.7 Å². The summed E-state index contributed by atoms with van der Waals surface area (Å²) in [4.78, 5) is 28.8. The fourth-order valence-corrected chi connectivity index (χ4v) is 6.17. The first-order chi connectivity index (χ1) is 14.5. The van der Waals surface area contributed by atoms with Gasteiger partial charge in [-0.25, -0.2) is 4.98 Å². The van der Waals surface area contributed by atoms with Gasteiger partial charge in [0.05, 0.1) is 22.1 Å². The number of carbonyl (C=O) groups is 2. The van der Waals surface area contributed by atoms with Crippen LogP contribution < -0.4 is 5.32 Å². The van der Waals surface area contributed by atoms with Crippen molar-refractivity contribution >= 4 is 62.5 Å². The summed E-state index contributed by atoms with van der Waals surface area (Å²) in [6.45, 7) is 0. The number of nitrogens with one attached hydrogen (secondary N) is 1. The van der Waals surface area contributed by atoms with E-state index >= 15 is 0 Å². The van der Waals surface area contributed by atoms with Gasteiger partial charge in [-0.3, -0.25) is 9.59 Å². The van der Waals surface area contributed by atoms with Gasteiger partial charge in [-0.15, -0.1) is 11.3 Å². The highest BCUT2D eigenvalue weighted by molar-refractivity contribution is 8.00. The van der Waals surface area contributed by atoms with Crippen LogP contribution in [0.2, 0.25) is 5.02 Å². The van der Waals surface area contributed by atoms with Crippen LogP contribution in [0.25, 0.3) is 10.2 Å². The second-order valence-corrected chi connectivity index (χ2v) is 10.0. The molecular weight excluding hydrogens is 440 g/mol. The lowest BCUT2D eigenvalue weighted by Gasteiger charge is -2.27. The highest BCUT2D eigenvalue weighted by Gasteiger charge is 2.35. The third-order valence-corrected chi connectivity index (χ3v) is 7.94. The minimum Gasteiger partial charge on any atom is -0.481 e. The van der Waals surface area contributed by atoms with E-state index in [1.807, 2.05) is 42.5 Å². The lowest BCUT2D eigenvalue weighted by atomic mass is 9.78. The van der Waals surface area contributed by atoms with Gasteiger partial charge < -0.3 is 10.4 Å². The molecule has 0 radical (unpaired) electrons. The molecule has 1 aliphatic rings. The van der Waals surface area contributed by atoms with Crippen LogP contribution in [-0.2, 0) is 15.3 Å². The lowest BCUT2D eigenvalue weighted by Crippen LogP contribution is -2.36. The van der Waals surface area contributed by atoms with E-state index in [1.165, 1.54) is 0 Å². The Hall–Kier alpha value is -2.09. The summed E-state index contributed by atoms with van der Waals surface area (Å²) in [5, 5.41) is 13.1. The molecule has 2 atom stereocenters. The predicted molar refractivity (Wildman–Crippen MR) is 122 cm³/mol. The van der Waals surface area contributed by atoms with Crippen LogP contribution in [0.3, 0.4) is 0 Å². The smallest absolute Gasteiger partial charge is 0.307 e. The molecule has 0 bridgehead atoms. The first-order valence-electron chi connectivity index (χ1n) is 9.82. The van der Waals surface area contributed by atoms with E-state index in [4.69, 9.17) is 11.6 Å². The fourth-order valence-electron chi connectivity index (χ4n) is 3.77. The summed E-state index contributed by atoms with van der Waals surface area (Å²) in [6, 6.07) is 13.4. The first-order valence-corrected chi connectivity index (χ1v) is 12.0. The summed E-state index contributed by atoms with van der Waals surface area (Å²) >= 11 is 9.42. The van der Waals surface area contributed by atoms with Crippen LogP contribution in [0.15, 0.2) is 46.8 Å². The van der Waals surface area contributed by atoms with Gasteiger partial charge in [0, 0.05) is 16.5 Å². The van der Waals surface area contributed by atoms with Gasteiger partial charge in [-0.2, -0.15) is 0 Å². The van der Waals surface area contributed by atoms with Gasteiger partial charge >= 0.3 is 5.97 Å². The summed E-state index contributed by atoms with van der Waals surface area (Å²) in [5.74, 6) is -1.43. The maximum Gasteiger partial charge on any atom is 0.307 e. The number of carboxylic acids is 1. The molecular formula is C22H21ClN2O3S2. The van der Waals surface area contributed by atoms with Crippen molar-refractivity contribution in [3.05, 3.63) is 53.1 Å². The molecule has 0 saturated heterocycles. The molecule has 1 heterocycles. The second-order valence-electron chi connectivity index (χ2n) is 7.37. The van der Waals surface area contributed by atoms with Crippen LogP contribution in [0.5, 0.6) is 0 Å². The van der Waals surface area contributed by atoms with Crippen molar-refractivity contribution in [1.29, 1.82) is 0 Å². The molecule has 3 aromatic rings. The molecule has 156 valence electrons. The number of halogens is 1. The Kier molecular flexibility index (Phi) is 6.61. The van der Waals surface area contributed by atoms with Crippen molar-refractivity contribution in [3.8, 4) is 0 Å². The third-order valence-electron chi connectivity index (χ3n) is 5.37. The number of fused-ring (bicyclic) bond motifs is 1. The number of thiazole rings is 1. The number of amides is 1. The zero-order valence-corrected chi connectivity index (χ0v) is 18.5. The quantitative estimate of drug-likeness (QED) is 0.436. The third kappa shape index (κ3) is 4.79. The molecule has 2 aromatic carbocycles. The van der Waals surface area contributed by atoms with Crippen molar-refractivity contribution in [2.24, 2.45) is 11.8 Å². The van der Waals surface area contributed by atoms with Gasteiger partial charge in [0.2, 0.25) is 5.91 Å². The molecule has 1 amide bonds. The number of anilines is 1. The minimum absolute atomic E-state index is 0.209. The first kappa shape index (κ1) is 21.2. The Labute approximate surface area is 187 Å². The van der Waals surface area contributed by atoms with Gasteiger partial charge in [-0.05, 0) is 42.7 Å². The monoisotopic (exact) mass is 460 g/mol. The molecule has 8 heteroatoms. The van der Waals surface area contributed by atoms with Crippen molar-refractivity contribution in [2.75, 3.05) is 5.32 Å². The average Bonchev–Trinajstić information content (AvgIpc) is 3.15. The number of carbonyl (C=O) groups excluding carboxylic acids is 1. The zero-order chi connectivity index (χ0) is 21.1. The molecule has 0 unspecified atom stereocenters. The number of hydrogen-bond donors (Lipinski definition) is 2. The second kappa shape index (κ2) is 9.37. The number of carboxylic acid groups (broad SMARTS) is 1. The average molecular weight is 461 g/mol. The van der Waals surface area contributed by atoms with Gasteiger partial charge in [0.25, 0.3) is 0 Å². The van der Waals surface area contributed by atoms with Crippen LogP contribution in [0.4, 0.5) is 5.69 Å². The van der Waals surface area contributed by atoms with Crippen LogP contribution in [-0.4, -0.2) is 22.0 Å². The molecule has 5 nitrogen and oxygen atoms in total. The molecule has 1 aromatic heterocycles. The van der Waals surface area contributed by atoms with E-state index in [1.54, 1.807) is 23.1 Å². The molecule has 1 fully saturated rings. The Morgan fingerprint density at radius 1 is 1.17 bits per heavy atom. The van der Waals surface area contributed by atoms with E-state index in [-0.39, 0.29) is 5.91 Å². The molecule has 0 spiro atoms. The number of aromatic nitrogens is 1. The summed E-state index contributed by atoms with van der Waals surface area (Å²) in [6.07, 6.45) is 2.94. The predicted octanol–water partition coefficient (Wildman–Crippen LogP) is 6.07. The van der Waals surface area contributed by atoms with E-state index in [2.05, 4.69) is 10.3 Å². The zero-order valence-electron chi connectivity index (χ0n) is 16.1. The largest absolute Gasteiger partial charge is 0.481 e. The van der Waals surface area contributed by atoms with E-state index in [9.17, 15) is 14.7 Å². The number of thioether (sulfide) groups is 1. The highest BCUT2D eigenvalue weighted by atomic mass is 35.5. The topological polar surface area (TPSA) is 79.3 Å². The van der Waals surface area contributed by atoms with Gasteiger partial charge in [0.1, 0.15) is 0 Å². The van der Waals surface area contributed by atoms with E-state index in [0.29, 0.717) is 18.5 Å². The standard InChI is InChI=1S/C22H21ClN2O3S2/c23-17-8-4-1-5-13(17)12-29-22-25-18-10-9-14(11-19(18)30-22)24-20(26)15-6-2-3-7-16(15)21(27)28/h1,4-5,8-11,15-16H,2-3,6-7,12H2,(H,24,26)(H,27,28)/t15-,16-/m0/s1. The Morgan fingerprint density at radius 3 is 2.70 bits per heavy atom. The number of rotatable bonds is 6. The van der Waals surface area contributed by atoms with Crippen LogP contribution >= 0.6 is 34.7 Å². The Morgan fingerprint density at radius 2 is 1.93 bits per heavy atom. The molecule has 0 aliphatic heterocycles. The van der Waals surface area contributed by atoms with Crippen molar-refractivity contribution in [3.63, 3.8) is 0 Å². The van der Waals surface area contributed by atoms with Crippen LogP contribution in [0.1, 0.15) is 31.2 Å². The summed E-state index contributed by atoms with van der Waals surface area (Å²) in [7, 11) is 0.